The van der Waals surface area contributed by atoms with Gasteiger partial charge in [0.05, 0.1) is 5.69 Å². The molecule has 4 heteroatoms. The Labute approximate surface area is 102 Å². The molecule has 1 aromatic heterocycles. The van der Waals surface area contributed by atoms with Crippen LogP contribution in [0.4, 0.5) is 5.82 Å². The van der Waals surface area contributed by atoms with Gasteiger partial charge >= 0.3 is 0 Å². The van der Waals surface area contributed by atoms with E-state index in [1.807, 2.05) is 18.2 Å². The highest BCUT2D eigenvalue weighted by Crippen LogP contribution is 2.06. The van der Waals surface area contributed by atoms with Gasteiger partial charge in [0.15, 0.2) is 0 Å². The second-order valence-corrected chi connectivity index (χ2v) is 4.20. The van der Waals surface area contributed by atoms with Gasteiger partial charge in [-0.15, -0.1) is 0 Å². The number of thiocarbonyl (C=S) groups is 1. The molecule has 1 aromatic rings. The zero-order valence-electron chi connectivity index (χ0n) is 9.70. The van der Waals surface area contributed by atoms with Crippen molar-refractivity contribution in [3.8, 4) is 0 Å². The van der Waals surface area contributed by atoms with Crippen molar-refractivity contribution < 1.29 is 0 Å². The fourth-order valence-electron chi connectivity index (χ4n) is 1.44. The average Bonchev–Trinajstić information content (AvgIpc) is 2.29. The molecule has 0 amide bonds. The van der Waals surface area contributed by atoms with E-state index in [1.54, 1.807) is 0 Å². The van der Waals surface area contributed by atoms with Crippen molar-refractivity contribution in [2.45, 2.75) is 32.6 Å². The Balaban J connectivity index is 2.36. The van der Waals surface area contributed by atoms with Crippen LogP contribution in [0.15, 0.2) is 18.2 Å². The molecule has 0 bridgehead atoms. The van der Waals surface area contributed by atoms with E-state index in [2.05, 4.69) is 17.2 Å². The Morgan fingerprint density at radius 3 is 2.88 bits per heavy atom. The van der Waals surface area contributed by atoms with Crippen LogP contribution in [0.1, 0.15) is 38.3 Å². The first-order chi connectivity index (χ1) is 7.74. The van der Waals surface area contributed by atoms with Gasteiger partial charge in [-0.2, -0.15) is 0 Å². The first-order valence-corrected chi connectivity index (χ1v) is 6.15. The number of pyridine rings is 1. The fourth-order valence-corrected chi connectivity index (χ4v) is 1.55. The quantitative estimate of drug-likeness (QED) is 0.565. The smallest absolute Gasteiger partial charge is 0.126 e. The number of nitrogens with one attached hydrogen (secondary N) is 1. The number of anilines is 1. The topological polar surface area (TPSA) is 50.9 Å². The third kappa shape index (κ3) is 4.57. The number of hydrogen-bond acceptors (Lipinski definition) is 3. The van der Waals surface area contributed by atoms with Crippen LogP contribution in [0, 0.1) is 0 Å². The lowest BCUT2D eigenvalue weighted by molar-refractivity contribution is 0.684. The van der Waals surface area contributed by atoms with Crippen LogP contribution in [-0.2, 0) is 0 Å². The molecule has 3 nitrogen and oxygen atoms in total. The van der Waals surface area contributed by atoms with E-state index < -0.39 is 0 Å². The Hall–Kier alpha value is -1.16. The maximum Gasteiger partial charge on any atom is 0.126 e. The lowest BCUT2D eigenvalue weighted by atomic mass is 10.2. The molecule has 0 aliphatic carbocycles. The van der Waals surface area contributed by atoms with Gasteiger partial charge in [-0.3, -0.25) is 0 Å². The molecule has 1 heterocycles. The highest BCUT2D eigenvalue weighted by atomic mass is 32.1. The molecule has 16 heavy (non-hydrogen) atoms. The summed E-state index contributed by atoms with van der Waals surface area (Å²) < 4.78 is 0. The van der Waals surface area contributed by atoms with E-state index in [1.165, 1.54) is 25.7 Å². The predicted molar refractivity (Wildman–Crippen MR) is 72.8 cm³/mol. The summed E-state index contributed by atoms with van der Waals surface area (Å²) in [6.07, 6.45) is 4.99. The second-order valence-electron chi connectivity index (χ2n) is 3.76. The monoisotopic (exact) mass is 237 g/mol. The summed E-state index contributed by atoms with van der Waals surface area (Å²) in [5.74, 6) is 0.849. The lowest BCUT2D eigenvalue weighted by Gasteiger charge is -2.06. The van der Waals surface area contributed by atoms with Gasteiger partial charge < -0.3 is 11.1 Å². The van der Waals surface area contributed by atoms with Crippen LogP contribution in [0.25, 0.3) is 0 Å². The average molecular weight is 237 g/mol. The van der Waals surface area contributed by atoms with Crippen molar-refractivity contribution in [3.05, 3.63) is 23.9 Å². The number of nitrogens with two attached hydrogens (primary N) is 1. The van der Waals surface area contributed by atoms with Crippen molar-refractivity contribution >= 4 is 23.0 Å². The Morgan fingerprint density at radius 2 is 2.19 bits per heavy atom. The molecule has 88 valence electrons. The minimum absolute atomic E-state index is 0.342. The van der Waals surface area contributed by atoms with E-state index in [4.69, 9.17) is 18.0 Å². The van der Waals surface area contributed by atoms with Gasteiger partial charge in [-0.05, 0) is 18.6 Å². The molecule has 0 atom stereocenters. The second kappa shape index (κ2) is 7.17. The molecule has 0 aliphatic rings. The number of nitrogens with zero attached hydrogens (tertiary/aromatic N) is 1. The van der Waals surface area contributed by atoms with Gasteiger partial charge in [-0.1, -0.05) is 44.5 Å². The van der Waals surface area contributed by atoms with Gasteiger partial charge in [0.2, 0.25) is 0 Å². The standard InChI is InChI=1S/C12H19N3S/c1-2-3-4-5-9-14-11-8-6-7-10(15-11)12(13)16/h6-8H,2-5,9H2,1H3,(H2,13,16)(H,14,15). The molecule has 3 N–H and O–H groups in total. The summed E-state index contributed by atoms with van der Waals surface area (Å²) in [5, 5.41) is 3.27. The molecular weight excluding hydrogens is 218 g/mol. The van der Waals surface area contributed by atoms with Gasteiger partial charge in [0, 0.05) is 6.54 Å². The first-order valence-electron chi connectivity index (χ1n) is 5.74. The van der Waals surface area contributed by atoms with Crippen molar-refractivity contribution in [2.24, 2.45) is 5.73 Å². The normalized spacial score (nSPS) is 10.1. The van der Waals surface area contributed by atoms with Gasteiger partial charge in [0.1, 0.15) is 10.8 Å². The number of hydrogen-bond donors (Lipinski definition) is 2. The molecule has 0 saturated carbocycles. The van der Waals surface area contributed by atoms with E-state index in [9.17, 15) is 0 Å². The van der Waals surface area contributed by atoms with E-state index in [-0.39, 0.29) is 0 Å². The van der Waals surface area contributed by atoms with Crippen molar-refractivity contribution in [1.29, 1.82) is 0 Å². The summed E-state index contributed by atoms with van der Waals surface area (Å²) in [5.41, 5.74) is 6.19. The van der Waals surface area contributed by atoms with Gasteiger partial charge in [-0.25, -0.2) is 4.98 Å². The van der Waals surface area contributed by atoms with Crippen molar-refractivity contribution in [3.63, 3.8) is 0 Å². The minimum Gasteiger partial charge on any atom is -0.388 e. The molecule has 0 aliphatic heterocycles. The van der Waals surface area contributed by atoms with Crippen LogP contribution in [0.5, 0.6) is 0 Å². The van der Waals surface area contributed by atoms with Crippen molar-refractivity contribution in [2.75, 3.05) is 11.9 Å². The molecule has 0 saturated heterocycles. The summed E-state index contributed by atoms with van der Waals surface area (Å²) in [4.78, 5) is 4.65. The first kappa shape index (κ1) is 12.9. The summed E-state index contributed by atoms with van der Waals surface area (Å²) in [7, 11) is 0. The maximum absolute atomic E-state index is 5.52. The Kier molecular flexibility index (Phi) is 5.78. The minimum atomic E-state index is 0.342. The number of unbranched alkanes of at least 4 members (excludes halogenated alkanes) is 3. The third-order valence-electron chi connectivity index (χ3n) is 2.34. The molecule has 0 fully saturated rings. The summed E-state index contributed by atoms with van der Waals surface area (Å²) in [6, 6.07) is 5.67. The summed E-state index contributed by atoms with van der Waals surface area (Å²) in [6.45, 7) is 3.16. The Bertz CT molecular complexity index is 339. The molecule has 0 spiro atoms. The van der Waals surface area contributed by atoms with Crippen molar-refractivity contribution in [1.82, 2.24) is 4.98 Å². The fraction of sp³-hybridized carbons (Fsp3) is 0.500. The molecule has 0 aromatic carbocycles. The summed E-state index contributed by atoms with van der Waals surface area (Å²) >= 11 is 4.88. The molecular formula is C12H19N3S. The van der Waals surface area contributed by atoms with E-state index in [0.29, 0.717) is 10.7 Å². The van der Waals surface area contributed by atoms with E-state index >= 15 is 0 Å². The lowest BCUT2D eigenvalue weighted by Crippen LogP contribution is -2.13. The van der Waals surface area contributed by atoms with Crippen LogP contribution in [0.2, 0.25) is 0 Å². The van der Waals surface area contributed by atoms with Gasteiger partial charge in [0.25, 0.3) is 0 Å². The molecule has 1 rings (SSSR count). The molecule has 0 radical (unpaired) electrons. The zero-order chi connectivity index (χ0) is 11.8. The Morgan fingerprint density at radius 1 is 1.38 bits per heavy atom. The van der Waals surface area contributed by atoms with Crippen LogP contribution in [0.3, 0.4) is 0 Å². The number of aromatic nitrogens is 1. The van der Waals surface area contributed by atoms with Crippen LogP contribution < -0.4 is 11.1 Å². The number of rotatable bonds is 7. The van der Waals surface area contributed by atoms with E-state index in [0.717, 1.165) is 12.4 Å². The highest BCUT2D eigenvalue weighted by molar-refractivity contribution is 7.80. The SMILES string of the molecule is CCCCCCNc1cccc(C(N)=S)n1. The predicted octanol–water partition coefficient (Wildman–Crippen LogP) is 2.71. The highest BCUT2D eigenvalue weighted by Gasteiger charge is 1.99. The van der Waals surface area contributed by atoms with Crippen LogP contribution >= 0.6 is 12.2 Å². The largest absolute Gasteiger partial charge is 0.388 e. The molecule has 0 unspecified atom stereocenters. The zero-order valence-corrected chi connectivity index (χ0v) is 10.5. The van der Waals surface area contributed by atoms with Crippen LogP contribution in [-0.4, -0.2) is 16.5 Å². The third-order valence-corrected chi connectivity index (χ3v) is 2.55. The maximum atomic E-state index is 5.52.